The highest BCUT2D eigenvalue weighted by Gasteiger charge is 2.41. The Labute approximate surface area is 207 Å². The third-order valence-electron chi connectivity index (χ3n) is 7.14. The molecule has 2 aliphatic heterocycles. The standard InChI is InChI=1S/C24H35N7O3S/c1-17(2)22(32)30-12-10-29(11-13-30)20-15-19(35(33,34)28-24(3)4-5-24)14-18-16-26-23(27-21(18)20)31-8-6-25-7-9-31/h14-17,25,28H,4-13H2,1-3H3. The van der Waals surface area contributed by atoms with Crippen LogP contribution < -0.4 is 19.8 Å². The highest BCUT2D eigenvalue weighted by molar-refractivity contribution is 7.89. The number of carbonyl (C=O) groups is 1. The topological polar surface area (TPSA) is 111 Å². The normalized spacial score (nSPS) is 20.5. The van der Waals surface area contributed by atoms with Crippen LogP contribution in [0.25, 0.3) is 10.9 Å². The van der Waals surface area contributed by atoms with E-state index < -0.39 is 10.0 Å². The second-order valence-corrected chi connectivity index (χ2v) is 12.1. The van der Waals surface area contributed by atoms with Gasteiger partial charge in [-0.25, -0.2) is 23.1 Å². The predicted molar refractivity (Wildman–Crippen MR) is 136 cm³/mol. The molecule has 10 nitrogen and oxygen atoms in total. The van der Waals surface area contributed by atoms with E-state index in [1.165, 1.54) is 0 Å². The summed E-state index contributed by atoms with van der Waals surface area (Å²) in [6, 6.07) is 3.41. The van der Waals surface area contributed by atoms with Gasteiger partial charge in [0.2, 0.25) is 21.9 Å². The SMILES string of the molecule is CC(C)C(=O)N1CCN(c2cc(S(=O)(=O)NC3(C)CC3)cc3cnc(N4CCNCC4)nc23)CC1. The largest absolute Gasteiger partial charge is 0.366 e. The van der Waals surface area contributed by atoms with E-state index in [0.717, 1.165) is 50.2 Å². The first-order valence-electron chi connectivity index (χ1n) is 12.5. The maximum atomic E-state index is 13.3. The minimum absolute atomic E-state index is 0.0416. The molecule has 2 N–H and O–H groups in total. The summed E-state index contributed by atoms with van der Waals surface area (Å²) >= 11 is 0. The number of amides is 1. The fourth-order valence-corrected chi connectivity index (χ4v) is 6.23. The minimum atomic E-state index is -3.69. The van der Waals surface area contributed by atoms with Gasteiger partial charge in [-0.3, -0.25) is 4.79 Å². The Morgan fingerprint density at radius 1 is 1.06 bits per heavy atom. The van der Waals surface area contributed by atoms with Crippen LogP contribution in [0.15, 0.2) is 23.2 Å². The molecule has 35 heavy (non-hydrogen) atoms. The van der Waals surface area contributed by atoms with E-state index in [-0.39, 0.29) is 22.3 Å². The molecular formula is C24H35N7O3S. The monoisotopic (exact) mass is 501 g/mol. The lowest BCUT2D eigenvalue weighted by atomic mass is 10.1. The molecule has 5 rings (SSSR count). The maximum Gasteiger partial charge on any atom is 0.241 e. The van der Waals surface area contributed by atoms with Crippen LogP contribution in [-0.4, -0.2) is 87.1 Å². The summed E-state index contributed by atoms with van der Waals surface area (Å²) in [5.74, 6) is 0.768. The second-order valence-electron chi connectivity index (χ2n) is 10.4. The molecule has 3 heterocycles. The molecule has 1 aliphatic carbocycles. The van der Waals surface area contributed by atoms with Gasteiger partial charge < -0.3 is 20.0 Å². The van der Waals surface area contributed by atoms with Crippen molar-refractivity contribution in [3.05, 3.63) is 18.3 Å². The van der Waals surface area contributed by atoms with Gasteiger partial charge in [-0.15, -0.1) is 0 Å². The number of aromatic nitrogens is 2. The fraction of sp³-hybridized carbons (Fsp3) is 0.625. The summed E-state index contributed by atoms with van der Waals surface area (Å²) in [6.07, 6.45) is 3.42. The Balaban J connectivity index is 1.52. The number of nitrogens with zero attached hydrogens (tertiary/aromatic N) is 5. The minimum Gasteiger partial charge on any atom is -0.366 e. The number of carbonyl (C=O) groups excluding carboxylic acids is 1. The molecule has 11 heteroatoms. The zero-order valence-corrected chi connectivity index (χ0v) is 21.6. The molecule has 3 fully saturated rings. The third-order valence-corrected chi connectivity index (χ3v) is 8.76. The van der Waals surface area contributed by atoms with Crippen LogP contribution in [0.1, 0.15) is 33.6 Å². The first-order chi connectivity index (χ1) is 16.7. The first-order valence-corrected chi connectivity index (χ1v) is 14.0. The van der Waals surface area contributed by atoms with Crippen LogP contribution >= 0.6 is 0 Å². The van der Waals surface area contributed by atoms with Crippen molar-refractivity contribution >= 4 is 38.5 Å². The molecule has 1 aromatic carbocycles. The van der Waals surface area contributed by atoms with Crippen LogP contribution in [0.2, 0.25) is 0 Å². The molecule has 2 aromatic rings. The van der Waals surface area contributed by atoms with Gasteiger partial charge in [-0.2, -0.15) is 0 Å². The van der Waals surface area contributed by atoms with Crippen LogP contribution in [-0.2, 0) is 14.8 Å². The number of fused-ring (bicyclic) bond motifs is 1. The van der Waals surface area contributed by atoms with E-state index in [4.69, 9.17) is 4.98 Å². The van der Waals surface area contributed by atoms with Gasteiger partial charge in [-0.05, 0) is 31.9 Å². The summed E-state index contributed by atoms with van der Waals surface area (Å²) in [4.78, 5) is 28.4. The summed E-state index contributed by atoms with van der Waals surface area (Å²) in [5, 5.41) is 4.04. The Hall–Kier alpha value is -2.50. The maximum absolute atomic E-state index is 13.3. The van der Waals surface area contributed by atoms with E-state index in [1.807, 2.05) is 25.7 Å². The van der Waals surface area contributed by atoms with Gasteiger partial charge in [0.15, 0.2) is 0 Å². The predicted octanol–water partition coefficient (Wildman–Crippen LogP) is 1.17. The molecule has 0 radical (unpaired) electrons. The van der Waals surface area contributed by atoms with Crippen molar-refractivity contribution in [2.75, 3.05) is 62.2 Å². The number of sulfonamides is 1. The second kappa shape index (κ2) is 9.18. The quantitative estimate of drug-likeness (QED) is 0.607. The van der Waals surface area contributed by atoms with E-state index in [0.29, 0.717) is 37.5 Å². The third kappa shape index (κ3) is 5.07. The number of rotatable bonds is 6. The van der Waals surface area contributed by atoms with Crippen molar-refractivity contribution in [1.82, 2.24) is 24.9 Å². The molecule has 190 valence electrons. The van der Waals surface area contributed by atoms with E-state index >= 15 is 0 Å². The Morgan fingerprint density at radius 2 is 1.74 bits per heavy atom. The fourth-order valence-electron chi connectivity index (χ4n) is 4.71. The number of anilines is 2. The lowest BCUT2D eigenvalue weighted by Crippen LogP contribution is -2.50. The molecular weight excluding hydrogens is 466 g/mol. The highest BCUT2D eigenvalue weighted by atomic mass is 32.2. The molecule has 0 atom stereocenters. The molecule has 3 aliphatic rings. The Morgan fingerprint density at radius 3 is 2.37 bits per heavy atom. The Bertz CT molecular complexity index is 1220. The highest BCUT2D eigenvalue weighted by Crippen LogP contribution is 2.37. The number of hydrogen-bond donors (Lipinski definition) is 2. The average Bonchev–Trinajstić information content (AvgIpc) is 3.58. The number of benzene rings is 1. The lowest BCUT2D eigenvalue weighted by Gasteiger charge is -2.37. The molecule has 0 bridgehead atoms. The molecule has 2 saturated heterocycles. The summed E-state index contributed by atoms with van der Waals surface area (Å²) in [6.45, 7) is 11.6. The smallest absolute Gasteiger partial charge is 0.241 e. The number of hydrogen-bond acceptors (Lipinski definition) is 8. The van der Waals surface area contributed by atoms with Crippen molar-refractivity contribution < 1.29 is 13.2 Å². The Kier molecular flexibility index (Phi) is 6.35. The zero-order chi connectivity index (χ0) is 24.8. The van der Waals surface area contributed by atoms with Gasteiger partial charge >= 0.3 is 0 Å². The van der Waals surface area contributed by atoms with Crippen molar-refractivity contribution in [2.24, 2.45) is 5.92 Å². The van der Waals surface area contributed by atoms with Crippen LogP contribution in [0.3, 0.4) is 0 Å². The van der Waals surface area contributed by atoms with Crippen LogP contribution in [0, 0.1) is 5.92 Å². The molecule has 1 saturated carbocycles. The summed E-state index contributed by atoms with van der Waals surface area (Å²) < 4.78 is 29.4. The lowest BCUT2D eigenvalue weighted by molar-refractivity contribution is -0.134. The number of nitrogens with one attached hydrogen (secondary N) is 2. The summed E-state index contributed by atoms with van der Waals surface area (Å²) in [5.41, 5.74) is 1.16. The summed E-state index contributed by atoms with van der Waals surface area (Å²) in [7, 11) is -3.69. The van der Waals surface area contributed by atoms with Crippen molar-refractivity contribution in [2.45, 2.75) is 44.0 Å². The number of piperazine rings is 2. The molecule has 1 amide bonds. The van der Waals surface area contributed by atoms with Gasteiger partial charge in [0.1, 0.15) is 0 Å². The van der Waals surface area contributed by atoms with Crippen molar-refractivity contribution in [1.29, 1.82) is 0 Å². The van der Waals surface area contributed by atoms with E-state index in [1.54, 1.807) is 18.3 Å². The first kappa shape index (κ1) is 24.2. The average molecular weight is 502 g/mol. The molecule has 0 unspecified atom stereocenters. The van der Waals surface area contributed by atoms with Gasteiger partial charge in [-0.1, -0.05) is 13.8 Å². The van der Waals surface area contributed by atoms with Crippen molar-refractivity contribution in [3.8, 4) is 0 Å². The van der Waals surface area contributed by atoms with Gasteiger partial charge in [0, 0.05) is 75.4 Å². The van der Waals surface area contributed by atoms with Crippen LogP contribution in [0.5, 0.6) is 0 Å². The van der Waals surface area contributed by atoms with E-state index in [9.17, 15) is 13.2 Å². The van der Waals surface area contributed by atoms with E-state index in [2.05, 4.69) is 24.8 Å². The zero-order valence-electron chi connectivity index (χ0n) is 20.7. The van der Waals surface area contributed by atoms with Crippen LogP contribution in [0.4, 0.5) is 11.6 Å². The van der Waals surface area contributed by atoms with Crippen molar-refractivity contribution in [3.63, 3.8) is 0 Å². The molecule has 0 spiro atoms. The van der Waals surface area contributed by atoms with Gasteiger partial charge in [0.05, 0.1) is 16.1 Å². The molecule has 1 aromatic heterocycles. The van der Waals surface area contributed by atoms with Gasteiger partial charge in [0.25, 0.3) is 0 Å².